The molecule has 0 saturated carbocycles. The zero-order valence-electron chi connectivity index (χ0n) is 10.5. The molecule has 2 N–H and O–H groups in total. The molecule has 0 aliphatic heterocycles. The maximum Gasteiger partial charge on any atom is 0.335 e. The van der Waals surface area contributed by atoms with Gasteiger partial charge in [-0.15, -0.1) is 0 Å². The summed E-state index contributed by atoms with van der Waals surface area (Å²) >= 11 is 0. The van der Waals surface area contributed by atoms with E-state index < -0.39 is 12.1 Å². The van der Waals surface area contributed by atoms with Crippen LogP contribution >= 0.6 is 0 Å². The van der Waals surface area contributed by atoms with E-state index in [0.29, 0.717) is 13.2 Å². The lowest BCUT2D eigenvalue weighted by Crippen LogP contribution is -2.34. The minimum Gasteiger partial charge on any atom is -0.478 e. The Balaban J connectivity index is 2.48. The fraction of sp³-hybridized carbons (Fsp3) is 0.385. The number of nitrogens with one attached hydrogen (secondary N) is 1. The Hall–Kier alpha value is -1.88. The quantitative estimate of drug-likeness (QED) is 0.802. The lowest BCUT2D eigenvalue weighted by Gasteiger charge is -2.12. The minimum atomic E-state index is -0.962. The maximum absolute atomic E-state index is 11.6. The normalized spacial score (nSPS) is 11.9. The summed E-state index contributed by atoms with van der Waals surface area (Å²) in [5, 5.41) is 11.5. The highest BCUT2D eigenvalue weighted by molar-refractivity contribution is 5.87. The van der Waals surface area contributed by atoms with Crippen molar-refractivity contribution in [3.63, 3.8) is 0 Å². The second-order valence-electron chi connectivity index (χ2n) is 3.82. The van der Waals surface area contributed by atoms with Crippen LogP contribution in [0.1, 0.15) is 29.8 Å². The number of amides is 1. The van der Waals surface area contributed by atoms with Crippen LogP contribution < -0.4 is 5.32 Å². The second kappa shape index (κ2) is 6.76. The van der Waals surface area contributed by atoms with Crippen molar-refractivity contribution >= 4 is 11.9 Å². The highest BCUT2D eigenvalue weighted by atomic mass is 16.5. The Morgan fingerprint density at radius 3 is 2.44 bits per heavy atom. The van der Waals surface area contributed by atoms with Crippen molar-refractivity contribution in [3.05, 3.63) is 35.4 Å². The molecule has 98 valence electrons. The van der Waals surface area contributed by atoms with E-state index >= 15 is 0 Å². The van der Waals surface area contributed by atoms with Crippen molar-refractivity contribution in [3.8, 4) is 0 Å². The number of carbonyl (C=O) groups is 2. The summed E-state index contributed by atoms with van der Waals surface area (Å²) in [4.78, 5) is 22.2. The third-order valence-corrected chi connectivity index (χ3v) is 2.45. The molecule has 1 rings (SSSR count). The highest BCUT2D eigenvalue weighted by Gasteiger charge is 2.11. The summed E-state index contributed by atoms with van der Waals surface area (Å²) in [6.45, 7) is 4.36. The van der Waals surface area contributed by atoms with Crippen molar-refractivity contribution in [2.45, 2.75) is 26.5 Å². The molecule has 0 aliphatic rings. The molecule has 1 amide bonds. The van der Waals surface area contributed by atoms with E-state index in [9.17, 15) is 9.59 Å². The van der Waals surface area contributed by atoms with E-state index in [1.807, 2.05) is 6.92 Å². The number of hydrogen-bond acceptors (Lipinski definition) is 3. The monoisotopic (exact) mass is 251 g/mol. The van der Waals surface area contributed by atoms with Crippen molar-refractivity contribution in [1.29, 1.82) is 0 Å². The number of carboxylic acids is 1. The molecule has 1 aromatic rings. The molecular weight excluding hydrogens is 234 g/mol. The molecule has 0 bridgehead atoms. The van der Waals surface area contributed by atoms with Gasteiger partial charge >= 0.3 is 5.97 Å². The Labute approximate surface area is 106 Å². The van der Waals surface area contributed by atoms with Crippen molar-refractivity contribution in [2.24, 2.45) is 0 Å². The first-order valence-corrected chi connectivity index (χ1v) is 5.76. The van der Waals surface area contributed by atoms with Gasteiger partial charge in [0.05, 0.1) is 5.56 Å². The van der Waals surface area contributed by atoms with Crippen LogP contribution in [0.25, 0.3) is 0 Å². The number of aromatic carboxylic acids is 1. The summed E-state index contributed by atoms with van der Waals surface area (Å²) in [6, 6.07) is 6.37. The molecule has 0 aromatic heterocycles. The zero-order chi connectivity index (χ0) is 13.5. The Kier molecular flexibility index (Phi) is 5.32. The van der Waals surface area contributed by atoms with Crippen LogP contribution in [-0.2, 0) is 16.1 Å². The fourth-order valence-electron chi connectivity index (χ4n) is 1.42. The summed E-state index contributed by atoms with van der Waals surface area (Å²) in [6.07, 6.45) is -0.478. The zero-order valence-corrected chi connectivity index (χ0v) is 10.5. The molecule has 1 unspecified atom stereocenters. The summed E-state index contributed by atoms with van der Waals surface area (Å²) in [7, 11) is 0. The molecule has 1 aromatic carbocycles. The first-order chi connectivity index (χ1) is 8.54. The van der Waals surface area contributed by atoms with Gasteiger partial charge in [-0.2, -0.15) is 0 Å². The molecule has 0 spiro atoms. The summed E-state index contributed by atoms with van der Waals surface area (Å²) in [5.41, 5.74) is 1.07. The molecule has 5 nitrogen and oxygen atoms in total. The molecule has 5 heteroatoms. The Morgan fingerprint density at radius 2 is 1.94 bits per heavy atom. The lowest BCUT2D eigenvalue weighted by molar-refractivity contribution is -0.131. The molecule has 0 radical (unpaired) electrons. The number of rotatable bonds is 6. The van der Waals surface area contributed by atoms with E-state index in [1.54, 1.807) is 19.1 Å². The smallest absolute Gasteiger partial charge is 0.335 e. The van der Waals surface area contributed by atoms with E-state index in [1.165, 1.54) is 12.1 Å². The molecule has 0 saturated heterocycles. The van der Waals surface area contributed by atoms with E-state index in [0.717, 1.165) is 5.56 Å². The number of carboxylic acid groups (broad SMARTS) is 1. The van der Waals surface area contributed by atoms with Crippen molar-refractivity contribution in [2.75, 3.05) is 6.61 Å². The van der Waals surface area contributed by atoms with Gasteiger partial charge in [0.1, 0.15) is 6.10 Å². The fourth-order valence-corrected chi connectivity index (χ4v) is 1.42. The number of benzene rings is 1. The number of carbonyl (C=O) groups excluding carboxylic acids is 1. The van der Waals surface area contributed by atoms with Gasteiger partial charge in [-0.25, -0.2) is 4.79 Å². The highest BCUT2D eigenvalue weighted by Crippen LogP contribution is 2.04. The summed E-state index contributed by atoms with van der Waals surface area (Å²) in [5.74, 6) is -1.14. The third kappa shape index (κ3) is 4.18. The Morgan fingerprint density at radius 1 is 1.33 bits per heavy atom. The van der Waals surface area contributed by atoms with Crippen LogP contribution in [0.3, 0.4) is 0 Å². The molecule has 0 fully saturated rings. The molecule has 1 atom stereocenters. The van der Waals surface area contributed by atoms with Crippen LogP contribution in [0.15, 0.2) is 24.3 Å². The van der Waals surface area contributed by atoms with Crippen LogP contribution in [-0.4, -0.2) is 29.7 Å². The average molecular weight is 251 g/mol. The topological polar surface area (TPSA) is 75.6 Å². The molecule has 0 heterocycles. The van der Waals surface area contributed by atoms with Crippen LogP contribution in [0, 0.1) is 0 Å². The predicted octanol–water partition coefficient (Wildman–Crippen LogP) is 1.43. The Bertz CT molecular complexity index is 414. The molecule has 0 aliphatic carbocycles. The van der Waals surface area contributed by atoms with Crippen LogP contribution in [0.4, 0.5) is 0 Å². The van der Waals surface area contributed by atoms with E-state index in [2.05, 4.69) is 5.32 Å². The largest absolute Gasteiger partial charge is 0.478 e. The first-order valence-electron chi connectivity index (χ1n) is 5.76. The van der Waals surface area contributed by atoms with Crippen LogP contribution in [0.2, 0.25) is 0 Å². The van der Waals surface area contributed by atoms with Gasteiger partial charge in [0.25, 0.3) is 0 Å². The average Bonchev–Trinajstić information content (AvgIpc) is 2.36. The van der Waals surface area contributed by atoms with Gasteiger partial charge in [-0.05, 0) is 31.5 Å². The van der Waals surface area contributed by atoms with E-state index in [4.69, 9.17) is 9.84 Å². The van der Waals surface area contributed by atoms with Gasteiger partial charge in [0.2, 0.25) is 5.91 Å². The first kappa shape index (κ1) is 14.2. The van der Waals surface area contributed by atoms with Gasteiger partial charge in [0, 0.05) is 13.2 Å². The standard InChI is InChI=1S/C13H17NO4/c1-3-18-9(2)12(15)14-8-10-4-6-11(7-5-10)13(16)17/h4-7,9H,3,8H2,1-2H3,(H,14,15)(H,16,17). The summed E-state index contributed by atoms with van der Waals surface area (Å²) < 4.78 is 5.15. The predicted molar refractivity (Wildman–Crippen MR) is 66.3 cm³/mol. The second-order valence-corrected chi connectivity index (χ2v) is 3.82. The number of hydrogen-bond donors (Lipinski definition) is 2. The van der Waals surface area contributed by atoms with Gasteiger partial charge in [-0.3, -0.25) is 4.79 Å². The van der Waals surface area contributed by atoms with Gasteiger partial charge in [0.15, 0.2) is 0 Å². The van der Waals surface area contributed by atoms with E-state index in [-0.39, 0.29) is 11.5 Å². The van der Waals surface area contributed by atoms with Crippen molar-refractivity contribution < 1.29 is 19.4 Å². The lowest BCUT2D eigenvalue weighted by atomic mass is 10.1. The molecular formula is C13H17NO4. The SMILES string of the molecule is CCOC(C)C(=O)NCc1ccc(C(=O)O)cc1. The van der Waals surface area contributed by atoms with Gasteiger partial charge in [-0.1, -0.05) is 12.1 Å². The van der Waals surface area contributed by atoms with Crippen LogP contribution in [0.5, 0.6) is 0 Å². The maximum atomic E-state index is 11.6. The number of ether oxygens (including phenoxy) is 1. The van der Waals surface area contributed by atoms with Gasteiger partial charge < -0.3 is 15.2 Å². The minimum absolute atomic E-state index is 0.181. The third-order valence-electron chi connectivity index (χ3n) is 2.45. The van der Waals surface area contributed by atoms with Crippen molar-refractivity contribution in [1.82, 2.24) is 5.32 Å². The molecule has 18 heavy (non-hydrogen) atoms.